The van der Waals surface area contributed by atoms with E-state index < -0.39 is 28.6 Å². The standard InChI is InChI=1S/C32H53N5O7Si2/c1-12-33-29(38)34-16-17-40-21-14-13-15-22-27(21)35-28-24(42-22)19-37(30(39)36-28)26-18-23(44-46(10,11)32(5,6)7)25(43-26)20-41-45(8,9)31(2,3)4/h13-15,19,23,25-26H,12,16-18,20H2,1-11H3,(H2,33,34,38)(H,35,36,39)/t23-,25+,26+/m0/s1. The summed E-state index contributed by atoms with van der Waals surface area (Å²) in [5, 5.41) is 8.67. The second kappa shape index (κ2) is 13.7. The fourth-order valence-electron chi connectivity index (χ4n) is 4.65. The average Bonchev–Trinajstić information content (AvgIpc) is 3.33. The number of nitrogens with one attached hydrogen (secondary N) is 3. The summed E-state index contributed by atoms with van der Waals surface area (Å²) in [6.45, 7) is 25.5. The van der Waals surface area contributed by atoms with E-state index in [2.05, 4.69) is 88.7 Å². The Hall–Kier alpha value is -2.92. The van der Waals surface area contributed by atoms with Gasteiger partial charge in [-0.3, -0.25) is 4.57 Å². The van der Waals surface area contributed by atoms with Crippen LogP contribution >= 0.6 is 0 Å². The summed E-state index contributed by atoms with van der Waals surface area (Å²) in [6.07, 6.45) is 0.976. The minimum absolute atomic E-state index is 0.00973. The Morgan fingerprint density at radius 1 is 1.07 bits per heavy atom. The molecule has 4 rings (SSSR count). The molecule has 0 bridgehead atoms. The Morgan fingerprint density at radius 2 is 1.76 bits per heavy atom. The highest BCUT2D eigenvalue weighted by atomic mass is 28.4. The number of hydrogen-bond donors (Lipinski definition) is 3. The zero-order valence-corrected chi connectivity index (χ0v) is 31.3. The quantitative estimate of drug-likeness (QED) is 0.154. The lowest BCUT2D eigenvalue weighted by Gasteiger charge is -2.40. The van der Waals surface area contributed by atoms with Gasteiger partial charge < -0.3 is 39.0 Å². The Kier molecular flexibility index (Phi) is 10.7. The maximum atomic E-state index is 13.5. The molecule has 1 saturated heterocycles. The predicted molar refractivity (Wildman–Crippen MR) is 185 cm³/mol. The molecular weight excluding hydrogens is 623 g/mol. The van der Waals surface area contributed by atoms with Gasteiger partial charge in [0.25, 0.3) is 0 Å². The van der Waals surface area contributed by atoms with Crippen molar-refractivity contribution in [3.05, 3.63) is 34.9 Å². The van der Waals surface area contributed by atoms with Crippen LogP contribution in [-0.2, 0) is 13.6 Å². The molecule has 0 radical (unpaired) electrons. The van der Waals surface area contributed by atoms with Gasteiger partial charge in [0.15, 0.2) is 34.0 Å². The van der Waals surface area contributed by atoms with Crippen molar-refractivity contribution in [2.75, 3.05) is 31.6 Å². The van der Waals surface area contributed by atoms with Crippen molar-refractivity contribution in [2.45, 2.75) is 110 Å². The van der Waals surface area contributed by atoms with E-state index in [1.807, 2.05) is 19.1 Å². The number of fused-ring (bicyclic) bond motifs is 2. The van der Waals surface area contributed by atoms with E-state index in [0.29, 0.717) is 49.1 Å². The number of amides is 2. The van der Waals surface area contributed by atoms with Crippen LogP contribution in [0.15, 0.2) is 29.2 Å². The highest BCUT2D eigenvalue weighted by Gasteiger charge is 2.47. The van der Waals surface area contributed by atoms with Gasteiger partial charge in [0.2, 0.25) is 0 Å². The number of anilines is 2. The van der Waals surface area contributed by atoms with Crippen LogP contribution in [0.5, 0.6) is 17.2 Å². The average molecular weight is 676 g/mol. The first-order valence-electron chi connectivity index (χ1n) is 16.2. The summed E-state index contributed by atoms with van der Waals surface area (Å²) >= 11 is 0. The van der Waals surface area contributed by atoms with Crippen LogP contribution in [0, 0.1) is 0 Å². The monoisotopic (exact) mass is 675 g/mol. The maximum absolute atomic E-state index is 13.5. The Bertz CT molecular complexity index is 1450. The molecule has 0 unspecified atom stereocenters. The first-order chi connectivity index (χ1) is 21.3. The summed E-state index contributed by atoms with van der Waals surface area (Å²) < 4.78 is 33.7. The number of aromatic nitrogens is 2. The van der Waals surface area contributed by atoms with Crippen molar-refractivity contribution >= 4 is 34.2 Å². The number of rotatable bonds is 11. The van der Waals surface area contributed by atoms with Gasteiger partial charge in [-0.1, -0.05) is 47.6 Å². The molecule has 2 amide bonds. The second-order valence-corrected chi connectivity index (χ2v) is 24.6. The summed E-state index contributed by atoms with van der Waals surface area (Å²) in [4.78, 5) is 29.4. The number of carbonyl (C=O) groups excluding carboxylic acids is 1. The lowest BCUT2D eigenvalue weighted by Crippen LogP contribution is -2.48. The molecule has 12 nitrogen and oxygen atoms in total. The molecule has 0 saturated carbocycles. The third-order valence-corrected chi connectivity index (χ3v) is 18.5. The first kappa shape index (κ1) is 35.9. The van der Waals surface area contributed by atoms with Gasteiger partial charge in [0, 0.05) is 13.0 Å². The second-order valence-electron chi connectivity index (χ2n) is 15.0. The summed E-state index contributed by atoms with van der Waals surface area (Å²) in [6, 6.07) is 5.16. The molecular formula is C32H53N5O7Si2. The summed E-state index contributed by atoms with van der Waals surface area (Å²) in [5.41, 5.74) is 0.0883. The first-order valence-corrected chi connectivity index (χ1v) is 22.0. The van der Waals surface area contributed by atoms with Crippen molar-refractivity contribution in [2.24, 2.45) is 0 Å². The Labute approximate surface area is 275 Å². The van der Waals surface area contributed by atoms with Crippen molar-refractivity contribution in [3.63, 3.8) is 0 Å². The molecule has 14 heteroatoms. The zero-order chi connectivity index (χ0) is 34.1. The highest BCUT2D eigenvalue weighted by Crippen LogP contribution is 2.46. The van der Waals surface area contributed by atoms with Gasteiger partial charge in [0.1, 0.15) is 30.4 Å². The van der Waals surface area contributed by atoms with E-state index in [-0.39, 0.29) is 40.7 Å². The van der Waals surface area contributed by atoms with Gasteiger partial charge in [-0.25, -0.2) is 9.59 Å². The van der Waals surface area contributed by atoms with Gasteiger partial charge >= 0.3 is 11.7 Å². The number of carbonyl (C=O) groups is 1. The number of urea groups is 1. The van der Waals surface area contributed by atoms with Gasteiger partial charge in [0.05, 0.1) is 25.5 Å². The maximum Gasteiger partial charge on any atom is 0.351 e. The minimum atomic E-state index is -2.16. The molecule has 3 N–H and O–H groups in total. The molecule has 2 aromatic rings. The van der Waals surface area contributed by atoms with Crippen LogP contribution in [0.3, 0.4) is 0 Å². The van der Waals surface area contributed by atoms with E-state index in [1.165, 1.54) is 4.57 Å². The van der Waals surface area contributed by atoms with Crippen molar-refractivity contribution in [1.29, 1.82) is 0 Å². The Morgan fingerprint density at radius 3 is 2.41 bits per heavy atom. The fraction of sp³-hybridized carbons (Fsp3) is 0.656. The molecule has 1 aromatic carbocycles. The number of nitrogens with zero attached hydrogens (tertiary/aromatic N) is 2. The number of hydrogen-bond acceptors (Lipinski definition) is 9. The third-order valence-electron chi connectivity index (χ3n) is 9.51. The molecule has 1 fully saturated rings. The predicted octanol–water partition coefficient (Wildman–Crippen LogP) is 6.49. The lowest BCUT2D eigenvalue weighted by molar-refractivity contribution is -0.0413. The zero-order valence-electron chi connectivity index (χ0n) is 29.3. The largest absolute Gasteiger partial charge is 0.489 e. The molecule has 2 aliphatic heterocycles. The van der Waals surface area contributed by atoms with Gasteiger partial charge in [-0.2, -0.15) is 4.98 Å². The third kappa shape index (κ3) is 8.13. The van der Waals surface area contributed by atoms with Crippen LogP contribution in [0.25, 0.3) is 0 Å². The Balaban J connectivity index is 1.53. The molecule has 256 valence electrons. The van der Waals surface area contributed by atoms with E-state index in [1.54, 1.807) is 12.3 Å². The molecule has 46 heavy (non-hydrogen) atoms. The van der Waals surface area contributed by atoms with Crippen molar-refractivity contribution in [1.82, 2.24) is 20.2 Å². The molecule has 2 aliphatic rings. The number of benzene rings is 1. The molecule has 0 aliphatic carbocycles. The topological polar surface area (TPSA) is 134 Å². The number of ether oxygens (including phenoxy) is 3. The van der Waals surface area contributed by atoms with E-state index >= 15 is 0 Å². The molecule has 3 heterocycles. The van der Waals surface area contributed by atoms with Crippen molar-refractivity contribution in [3.8, 4) is 17.2 Å². The van der Waals surface area contributed by atoms with Crippen LogP contribution in [0.4, 0.5) is 16.3 Å². The smallest absolute Gasteiger partial charge is 0.351 e. The lowest BCUT2D eigenvalue weighted by atomic mass is 10.2. The van der Waals surface area contributed by atoms with Gasteiger partial charge in [-0.05, 0) is 55.3 Å². The van der Waals surface area contributed by atoms with Crippen LogP contribution < -0.4 is 31.1 Å². The fourth-order valence-corrected chi connectivity index (χ4v) is 7.03. The van der Waals surface area contributed by atoms with E-state index in [9.17, 15) is 9.59 Å². The normalized spacial score (nSPS) is 19.8. The van der Waals surface area contributed by atoms with E-state index in [0.717, 1.165) is 0 Å². The van der Waals surface area contributed by atoms with E-state index in [4.69, 9.17) is 23.1 Å². The minimum Gasteiger partial charge on any atom is -0.489 e. The summed E-state index contributed by atoms with van der Waals surface area (Å²) in [7, 11) is -4.21. The van der Waals surface area contributed by atoms with Crippen LogP contribution in [0.2, 0.25) is 36.3 Å². The molecule has 3 atom stereocenters. The van der Waals surface area contributed by atoms with Crippen LogP contribution in [-0.4, -0.2) is 70.7 Å². The molecule has 0 spiro atoms. The van der Waals surface area contributed by atoms with Crippen LogP contribution in [0.1, 0.15) is 61.1 Å². The number of para-hydroxylation sites is 1. The summed E-state index contributed by atoms with van der Waals surface area (Å²) in [5.74, 6) is 1.73. The SMILES string of the molecule is CCNC(=O)NCCOc1cccc2c1Nc1nc(=O)n([C@H]3C[C@H](O[Si](C)(C)C(C)(C)C)[C@@H](CO[Si](C)(C)C(C)(C)C)O3)cc1O2. The molecule has 1 aromatic heterocycles. The highest BCUT2D eigenvalue weighted by molar-refractivity contribution is 6.74. The van der Waals surface area contributed by atoms with Crippen molar-refractivity contribution < 1.29 is 27.9 Å². The van der Waals surface area contributed by atoms with Gasteiger partial charge in [-0.15, -0.1) is 0 Å².